The summed E-state index contributed by atoms with van der Waals surface area (Å²) >= 11 is 3.72. The van der Waals surface area contributed by atoms with E-state index in [0.717, 1.165) is 85.4 Å². The van der Waals surface area contributed by atoms with Gasteiger partial charge in [0.2, 0.25) is 0 Å². The SMILES string of the molecule is C.C.CC(C)(C)OC(=O)NS(=O)(=O)N(Cc1ccc(F)c(C(F)(F)F)c1)c1cc2ccccc2s1.Fc1ccc(CNc2cc3ccccc3s2)cc1C(F)(F)F.NS(=O)(=O)N(Cc1ccc(F)c(C(F)(F)F)c1)c1cc2ccccc2s1. The summed E-state index contributed by atoms with van der Waals surface area (Å²) in [6.07, 6.45) is -15.8. The summed E-state index contributed by atoms with van der Waals surface area (Å²) in [7, 11) is -8.86. The highest BCUT2D eigenvalue weighted by Crippen LogP contribution is 2.39. The van der Waals surface area contributed by atoms with E-state index in [-0.39, 0.29) is 42.5 Å². The van der Waals surface area contributed by atoms with E-state index in [9.17, 15) is 74.3 Å². The molecule has 0 aliphatic carbocycles. The lowest BCUT2D eigenvalue weighted by Crippen LogP contribution is -2.45. The number of rotatable bonds is 12. The van der Waals surface area contributed by atoms with Gasteiger partial charge in [-0.25, -0.2) is 36.4 Å². The summed E-state index contributed by atoms with van der Waals surface area (Å²) in [6, 6.07) is 34.5. The normalized spacial score (nSPS) is 12.0. The summed E-state index contributed by atoms with van der Waals surface area (Å²) in [6.45, 7) is 3.79. The van der Waals surface area contributed by atoms with Gasteiger partial charge < -0.3 is 10.1 Å². The van der Waals surface area contributed by atoms with Crippen LogP contribution in [0.5, 0.6) is 0 Å². The number of carbonyl (C=O) groups excluding carboxylic acids is 1. The molecule has 6 aromatic carbocycles. The Morgan fingerprint density at radius 2 is 0.880 bits per heavy atom. The lowest BCUT2D eigenvalue weighted by molar-refractivity contribution is -0.140. The Labute approximate surface area is 481 Å². The molecule has 4 N–H and O–H groups in total. The summed E-state index contributed by atoms with van der Waals surface area (Å²) in [5.41, 5.74) is -4.98. The molecule has 0 saturated carbocycles. The molecule has 0 bridgehead atoms. The number of halogens is 12. The van der Waals surface area contributed by atoms with Crippen molar-refractivity contribution in [3.05, 3.63) is 196 Å². The van der Waals surface area contributed by atoms with Crippen LogP contribution in [0.25, 0.3) is 30.3 Å². The second-order valence-corrected chi connectivity index (χ2v) is 24.6. The van der Waals surface area contributed by atoms with Crippen molar-refractivity contribution in [3.63, 3.8) is 0 Å². The van der Waals surface area contributed by atoms with Gasteiger partial charge in [0.25, 0.3) is 10.2 Å². The largest absolute Gasteiger partial charge is 0.443 e. The Morgan fingerprint density at radius 3 is 1.27 bits per heavy atom. The molecule has 11 nitrogen and oxygen atoms in total. The van der Waals surface area contributed by atoms with Crippen LogP contribution in [0.2, 0.25) is 0 Å². The van der Waals surface area contributed by atoms with Crippen LogP contribution in [-0.2, 0) is 63.3 Å². The van der Waals surface area contributed by atoms with Crippen molar-refractivity contribution >= 4 is 106 Å². The predicted octanol–water partition coefficient (Wildman–Crippen LogP) is 17.0. The first-order chi connectivity index (χ1) is 37.6. The molecule has 0 fully saturated rings. The molecule has 9 aromatic rings. The highest BCUT2D eigenvalue weighted by Gasteiger charge is 2.37. The third-order valence-electron chi connectivity index (χ3n) is 11.1. The van der Waals surface area contributed by atoms with Crippen molar-refractivity contribution in [2.75, 3.05) is 13.9 Å². The Balaban J connectivity index is 0.000000230. The summed E-state index contributed by atoms with van der Waals surface area (Å²) < 4.78 is 217. The van der Waals surface area contributed by atoms with E-state index in [1.807, 2.05) is 30.3 Å². The number of hydrogen-bond acceptors (Lipinski definition) is 10. The van der Waals surface area contributed by atoms with E-state index in [1.54, 1.807) is 80.1 Å². The van der Waals surface area contributed by atoms with E-state index in [4.69, 9.17) is 9.88 Å². The van der Waals surface area contributed by atoms with Gasteiger partial charge in [-0.3, -0.25) is 0 Å². The Kier molecular flexibility index (Phi) is 21.1. The maximum absolute atomic E-state index is 13.7. The fourth-order valence-electron chi connectivity index (χ4n) is 7.48. The number of nitrogens with two attached hydrogens (primary N) is 1. The topological polar surface area (TPSA) is 151 Å². The van der Waals surface area contributed by atoms with Gasteiger partial charge in [0.1, 0.15) is 33.1 Å². The summed E-state index contributed by atoms with van der Waals surface area (Å²) in [5.74, 6) is -4.15. The first-order valence-corrected chi connectivity index (χ1v) is 28.6. The quantitative estimate of drug-likeness (QED) is 0.103. The zero-order chi connectivity index (χ0) is 59.5. The average Bonchev–Trinajstić information content (AvgIpc) is 4.18. The van der Waals surface area contributed by atoms with Crippen LogP contribution in [-0.4, -0.2) is 28.5 Å². The van der Waals surface area contributed by atoms with Gasteiger partial charge >= 0.3 is 34.8 Å². The third-order valence-corrected chi connectivity index (χ3v) is 16.9. The van der Waals surface area contributed by atoms with Crippen molar-refractivity contribution in [2.24, 2.45) is 5.14 Å². The van der Waals surface area contributed by atoms with Crippen molar-refractivity contribution < 1.29 is 79.1 Å². The number of benzene rings is 6. The number of anilines is 3. The number of nitrogens with zero attached hydrogens (tertiary/aromatic N) is 2. The van der Waals surface area contributed by atoms with E-state index >= 15 is 0 Å². The maximum atomic E-state index is 13.7. The van der Waals surface area contributed by atoms with Crippen LogP contribution in [0, 0.1) is 17.5 Å². The highest BCUT2D eigenvalue weighted by atomic mass is 32.2. The zero-order valence-corrected chi connectivity index (χ0v) is 46.1. The number of fused-ring (bicyclic) bond motifs is 3. The predicted molar refractivity (Wildman–Crippen MR) is 304 cm³/mol. The Morgan fingerprint density at radius 1 is 0.518 bits per heavy atom. The lowest BCUT2D eigenvalue weighted by atomic mass is 10.1. The van der Waals surface area contributed by atoms with Gasteiger partial charge in [0.05, 0.1) is 34.8 Å². The molecule has 9 rings (SSSR count). The minimum absolute atomic E-state index is 0. The standard InChI is InChI=1S/C21H20F4N2O4S2.C16H12F4N2O2S2.C16H11F4NS.2CH4/c1-20(2,3)31-19(28)26-33(29,30)27(18-11-14-6-4-5-7-17(14)32-18)12-13-8-9-16(22)15(10-13)21(23,24)25;17-13-6-5-10(7-12(13)16(18,19)20)9-22(26(21,23)24)15-8-11-3-1-2-4-14(11)25-15;17-13-6-5-10(7-12(13)16(18,19)20)9-21-15-8-11-3-1-2-4-14(11)22-15;;/h4-11H,12H2,1-3H3,(H,26,28);1-8H,9H2,(H2,21,23,24);1-8,21H,9H2;2*1H4. The number of amides is 1. The van der Waals surface area contributed by atoms with Gasteiger partial charge in [0.15, 0.2) is 0 Å². The monoisotopic (exact) mass is 1270 g/mol. The van der Waals surface area contributed by atoms with E-state index < -0.39 is 97.9 Å². The molecule has 0 radical (unpaired) electrons. The van der Waals surface area contributed by atoms with E-state index in [0.29, 0.717) is 35.2 Å². The number of nitrogens with one attached hydrogen (secondary N) is 2. The molecule has 0 spiro atoms. The number of thiophene rings is 3. The van der Waals surface area contributed by atoms with E-state index in [1.165, 1.54) is 23.5 Å². The average molecular weight is 1270 g/mol. The van der Waals surface area contributed by atoms with Gasteiger partial charge in [-0.15, -0.1) is 34.0 Å². The van der Waals surface area contributed by atoms with Gasteiger partial charge in [0, 0.05) is 20.6 Å². The Bertz CT molecular complexity index is 3850. The fourth-order valence-corrected chi connectivity index (χ4v) is 12.8. The molecule has 0 aliphatic rings. The van der Waals surface area contributed by atoms with Crippen LogP contribution >= 0.6 is 34.0 Å². The molecule has 3 heterocycles. The second kappa shape index (κ2) is 26.2. The summed E-state index contributed by atoms with van der Waals surface area (Å²) in [5, 5.41) is 12.1. The van der Waals surface area contributed by atoms with Gasteiger partial charge in [-0.05, 0) is 126 Å². The van der Waals surface area contributed by atoms with Crippen LogP contribution in [0.1, 0.15) is 69.0 Å². The minimum atomic E-state index is -4.96. The van der Waals surface area contributed by atoms with Gasteiger partial charge in [-0.1, -0.05) is 87.6 Å². The number of carbonyl (C=O) groups is 1. The zero-order valence-electron chi connectivity index (χ0n) is 42.0. The molecule has 0 aliphatic heterocycles. The van der Waals surface area contributed by atoms with E-state index in [2.05, 4.69) is 5.32 Å². The maximum Gasteiger partial charge on any atom is 0.422 e. The molecule has 1 amide bonds. The van der Waals surface area contributed by atoms with Crippen molar-refractivity contribution in [1.29, 1.82) is 0 Å². The van der Waals surface area contributed by atoms with Crippen LogP contribution in [0.4, 0.5) is 72.5 Å². The molecule has 0 saturated heterocycles. The van der Waals surface area contributed by atoms with Crippen LogP contribution in [0.15, 0.2) is 146 Å². The molecule has 446 valence electrons. The number of alkyl halides is 9. The van der Waals surface area contributed by atoms with Crippen molar-refractivity contribution in [1.82, 2.24) is 4.72 Å². The first kappa shape index (κ1) is 66.7. The van der Waals surface area contributed by atoms with Crippen LogP contribution < -0.4 is 23.8 Å². The molecule has 0 unspecified atom stereocenters. The fraction of sp³-hybridized carbons (Fsp3) is 0.218. The van der Waals surface area contributed by atoms with Crippen LogP contribution in [0.3, 0.4) is 0 Å². The number of ether oxygens (including phenoxy) is 1. The molecule has 28 heteroatoms. The second-order valence-electron chi connectivity index (χ2n) is 18.4. The molecular formula is C55H51F12N5O6S5. The lowest BCUT2D eigenvalue weighted by Gasteiger charge is -2.25. The highest BCUT2D eigenvalue weighted by molar-refractivity contribution is 7.91. The smallest absolute Gasteiger partial charge is 0.422 e. The van der Waals surface area contributed by atoms with Gasteiger partial charge in [-0.2, -0.15) is 56.3 Å². The third kappa shape index (κ3) is 17.7. The minimum Gasteiger partial charge on any atom is -0.443 e. The first-order valence-electron chi connectivity index (χ1n) is 23.2. The molecule has 0 atom stereocenters. The summed E-state index contributed by atoms with van der Waals surface area (Å²) in [4.78, 5) is 12.1. The number of hydrogen-bond donors (Lipinski definition) is 3. The molecule has 3 aromatic heterocycles. The van der Waals surface area contributed by atoms with Crippen molar-refractivity contribution in [2.45, 2.75) is 79.4 Å². The molecule has 83 heavy (non-hydrogen) atoms. The van der Waals surface area contributed by atoms with Crippen molar-refractivity contribution in [3.8, 4) is 0 Å². The molecular weight excluding hydrogens is 1210 g/mol. The Hall–Kier alpha value is -7.11.